The quantitative estimate of drug-likeness (QED) is 0.610. The smallest absolute Gasteiger partial charge is 0.260 e. The maximum atomic E-state index is 13.9. The van der Waals surface area contributed by atoms with Crippen molar-refractivity contribution in [2.24, 2.45) is 5.92 Å². The van der Waals surface area contributed by atoms with Gasteiger partial charge in [-0.1, -0.05) is 19.1 Å². The molecule has 4 rings (SSSR count). The van der Waals surface area contributed by atoms with Gasteiger partial charge in [0.1, 0.15) is 11.6 Å². The summed E-state index contributed by atoms with van der Waals surface area (Å²) in [6, 6.07) is 7.77. The highest BCUT2D eigenvalue weighted by atomic mass is 16.5. The molecule has 2 aliphatic rings. The fourth-order valence-electron chi connectivity index (χ4n) is 4.86. The lowest BCUT2D eigenvalue weighted by atomic mass is 9.88. The average Bonchev–Trinajstić information content (AvgIpc) is 3.20. The zero-order valence-corrected chi connectivity index (χ0v) is 20.3. The number of ether oxygens (including phenoxy) is 1. The van der Waals surface area contributed by atoms with Gasteiger partial charge < -0.3 is 10.1 Å². The molecule has 3 heterocycles. The van der Waals surface area contributed by atoms with Crippen molar-refractivity contribution in [1.82, 2.24) is 14.9 Å². The Hall–Kier alpha value is -2.93. The van der Waals surface area contributed by atoms with Gasteiger partial charge in [-0.05, 0) is 63.4 Å². The minimum Gasteiger partial charge on any atom is -0.493 e. The van der Waals surface area contributed by atoms with Crippen molar-refractivity contribution in [2.75, 3.05) is 36.5 Å². The monoisotopic (exact) mass is 449 g/mol. The number of anilines is 2. The number of nitrogens with zero attached hydrogens (tertiary/aromatic N) is 4. The number of carbonyl (C=O) groups excluding carboxylic acids is 1. The van der Waals surface area contributed by atoms with Crippen LogP contribution in [0, 0.1) is 5.92 Å². The third-order valence-electron chi connectivity index (χ3n) is 6.16. The van der Waals surface area contributed by atoms with Crippen molar-refractivity contribution in [1.29, 1.82) is 0 Å². The number of likely N-dealkylation sites (tertiary alicyclic amines) is 1. The molecule has 7 nitrogen and oxygen atoms in total. The molecule has 2 aliphatic heterocycles. The van der Waals surface area contributed by atoms with Crippen LogP contribution in [0.1, 0.15) is 50.5 Å². The van der Waals surface area contributed by atoms with Gasteiger partial charge in [0.2, 0.25) is 5.95 Å². The molecule has 2 aromatic rings. The number of rotatable bonds is 8. The molecule has 0 saturated carbocycles. The molecule has 1 N–H and O–H groups in total. The van der Waals surface area contributed by atoms with E-state index < -0.39 is 0 Å². The lowest BCUT2D eigenvalue weighted by molar-refractivity contribution is 0.0585. The van der Waals surface area contributed by atoms with E-state index in [9.17, 15) is 4.79 Å². The first-order valence-electron chi connectivity index (χ1n) is 11.8. The third-order valence-corrected chi connectivity index (χ3v) is 6.16. The summed E-state index contributed by atoms with van der Waals surface area (Å²) in [5, 5.41) is 3.25. The van der Waals surface area contributed by atoms with Crippen LogP contribution in [0.4, 0.5) is 11.8 Å². The van der Waals surface area contributed by atoms with Gasteiger partial charge in [-0.3, -0.25) is 14.6 Å². The minimum atomic E-state index is -0.355. The van der Waals surface area contributed by atoms with Crippen LogP contribution in [0.5, 0.6) is 5.75 Å². The molecule has 0 bridgehead atoms. The number of allylic oxidation sites excluding steroid dienone is 1. The van der Waals surface area contributed by atoms with Gasteiger partial charge in [-0.25, -0.2) is 4.98 Å². The van der Waals surface area contributed by atoms with Crippen LogP contribution in [0.2, 0.25) is 0 Å². The van der Waals surface area contributed by atoms with E-state index in [2.05, 4.69) is 48.1 Å². The Labute approximate surface area is 196 Å². The normalized spacial score (nSPS) is 18.0. The summed E-state index contributed by atoms with van der Waals surface area (Å²) in [6.07, 6.45) is 6.87. The molecule has 1 aromatic carbocycles. The standard InChI is InChI=1S/C26H35N5O2/c1-6-7-19(4)15-30-16-26(5,17-30)31(23-10-12-27-25(29-23)28-18(2)3)24(32)21-8-9-22-20(14-21)11-13-33-22/h6-10,12,14,18-19H,11,13,15-17H2,1-5H3,(H,27,28,29)/b7-6-. The molecule has 1 amide bonds. The number of amides is 1. The van der Waals surface area contributed by atoms with Crippen LogP contribution in [-0.2, 0) is 6.42 Å². The van der Waals surface area contributed by atoms with E-state index in [4.69, 9.17) is 9.72 Å². The second kappa shape index (κ2) is 9.51. The molecule has 1 fully saturated rings. The predicted octanol–water partition coefficient (Wildman–Crippen LogP) is 4.17. The van der Waals surface area contributed by atoms with E-state index in [0.29, 0.717) is 29.9 Å². The van der Waals surface area contributed by atoms with Crippen LogP contribution in [0.3, 0.4) is 0 Å². The van der Waals surface area contributed by atoms with Gasteiger partial charge >= 0.3 is 0 Å². The zero-order valence-electron chi connectivity index (χ0n) is 20.3. The van der Waals surface area contributed by atoms with Crippen molar-refractivity contribution in [3.63, 3.8) is 0 Å². The first kappa shape index (κ1) is 23.2. The van der Waals surface area contributed by atoms with Gasteiger partial charge in [-0.2, -0.15) is 4.98 Å². The summed E-state index contributed by atoms with van der Waals surface area (Å²) in [7, 11) is 0. The Morgan fingerprint density at radius 1 is 1.30 bits per heavy atom. The predicted molar refractivity (Wildman–Crippen MR) is 132 cm³/mol. The highest BCUT2D eigenvalue weighted by Gasteiger charge is 2.47. The van der Waals surface area contributed by atoms with E-state index in [1.807, 2.05) is 43.0 Å². The Balaban J connectivity index is 1.64. The second-order valence-corrected chi connectivity index (χ2v) is 9.77. The maximum Gasteiger partial charge on any atom is 0.260 e. The van der Waals surface area contributed by atoms with Gasteiger partial charge in [0, 0.05) is 43.9 Å². The molecule has 176 valence electrons. The van der Waals surface area contributed by atoms with E-state index in [1.165, 1.54) is 0 Å². The Morgan fingerprint density at radius 3 is 2.82 bits per heavy atom. The number of hydrogen-bond acceptors (Lipinski definition) is 6. The number of hydrogen-bond donors (Lipinski definition) is 1. The molecule has 1 aromatic heterocycles. The van der Waals surface area contributed by atoms with Crippen molar-refractivity contribution >= 4 is 17.7 Å². The summed E-state index contributed by atoms with van der Waals surface area (Å²) in [6.45, 7) is 13.8. The van der Waals surface area contributed by atoms with E-state index in [-0.39, 0.29) is 17.5 Å². The molecule has 0 radical (unpaired) electrons. The Kier molecular flexibility index (Phi) is 6.70. The lowest BCUT2D eigenvalue weighted by Gasteiger charge is -2.54. The van der Waals surface area contributed by atoms with Crippen LogP contribution in [0.25, 0.3) is 0 Å². The van der Waals surface area contributed by atoms with Crippen LogP contribution < -0.4 is 15.0 Å². The number of carbonyl (C=O) groups is 1. The van der Waals surface area contributed by atoms with Crippen molar-refractivity contribution in [3.8, 4) is 5.75 Å². The van der Waals surface area contributed by atoms with E-state index in [1.54, 1.807) is 6.20 Å². The highest BCUT2D eigenvalue weighted by molar-refractivity contribution is 6.07. The largest absolute Gasteiger partial charge is 0.493 e. The summed E-state index contributed by atoms with van der Waals surface area (Å²) >= 11 is 0. The summed E-state index contributed by atoms with van der Waals surface area (Å²) in [4.78, 5) is 27.3. The van der Waals surface area contributed by atoms with E-state index >= 15 is 0 Å². The maximum absolute atomic E-state index is 13.9. The number of benzene rings is 1. The molecule has 7 heteroatoms. The molecule has 33 heavy (non-hydrogen) atoms. The fourth-order valence-corrected chi connectivity index (χ4v) is 4.86. The first-order valence-corrected chi connectivity index (χ1v) is 11.8. The molecular weight excluding hydrogens is 414 g/mol. The molecule has 1 atom stereocenters. The van der Waals surface area contributed by atoms with Crippen molar-refractivity contribution in [2.45, 2.75) is 52.6 Å². The zero-order chi connectivity index (χ0) is 23.6. The van der Waals surface area contributed by atoms with Crippen molar-refractivity contribution in [3.05, 3.63) is 53.7 Å². The molecule has 1 unspecified atom stereocenters. The second-order valence-electron chi connectivity index (χ2n) is 9.77. The molecule has 0 spiro atoms. The number of aromatic nitrogens is 2. The SMILES string of the molecule is C/C=C\C(C)CN1CC(C)(N(C(=O)c2ccc3c(c2)CCO3)c2ccnc(NC(C)C)n2)C1. The topological polar surface area (TPSA) is 70.6 Å². The lowest BCUT2D eigenvalue weighted by Crippen LogP contribution is -2.70. The highest BCUT2D eigenvalue weighted by Crippen LogP contribution is 2.35. The van der Waals surface area contributed by atoms with E-state index in [0.717, 1.165) is 37.4 Å². The van der Waals surface area contributed by atoms with Gasteiger partial charge in [0.15, 0.2) is 0 Å². The summed E-state index contributed by atoms with van der Waals surface area (Å²) < 4.78 is 5.64. The average molecular weight is 450 g/mol. The number of fused-ring (bicyclic) bond motifs is 1. The van der Waals surface area contributed by atoms with Crippen LogP contribution >= 0.6 is 0 Å². The Morgan fingerprint density at radius 2 is 2.09 bits per heavy atom. The number of nitrogens with one attached hydrogen (secondary N) is 1. The summed E-state index contributed by atoms with van der Waals surface area (Å²) in [5.41, 5.74) is 1.40. The van der Waals surface area contributed by atoms with Gasteiger partial charge in [0.25, 0.3) is 5.91 Å². The fraction of sp³-hybridized carbons (Fsp3) is 0.500. The molecule has 1 saturated heterocycles. The molecular formula is C26H35N5O2. The van der Waals surface area contributed by atoms with Crippen molar-refractivity contribution < 1.29 is 9.53 Å². The molecule has 0 aliphatic carbocycles. The third kappa shape index (κ3) is 5.03. The minimum absolute atomic E-state index is 0.0393. The van der Waals surface area contributed by atoms with Gasteiger partial charge in [0.05, 0.1) is 12.1 Å². The Bertz CT molecular complexity index is 1030. The van der Waals surface area contributed by atoms with Crippen LogP contribution in [-0.4, -0.2) is 58.6 Å². The summed E-state index contributed by atoms with van der Waals surface area (Å²) in [5.74, 6) is 2.47. The van der Waals surface area contributed by atoms with Crippen LogP contribution in [0.15, 0.2) is 42.6 Å². The van der Waals surface area contributed by atoms with Gasteiger partial charge in [-0.15, -0.1) is 0 Å². The first-order chi connectivity index (χ1) is 15.8.